The van der Waals surface area contributed by atoms with E-state index in [1.54, 1.807) is 0 Å². The molecule has 2 saturated heterocycles. The van der Waals surface area contributed by atoms with Crippen LogP contribution in [0.25, 0.3) is 0 Å². The molecule has 1 aromatic heterocycles. The van der Waals surface area contributed by atoms with Crippen molar-refractivity contribution in [3.63, 3.8) is 0 Å². The van der Waals surface area contributed by atoms with Gasteiger partial charge in [0.25, 0.3) is 0 Å². The summed E-state index contributed by atoms with van der Waals surface area (Å²) in [5, 5.41) is 0. The first-order valence-electron chi connectivity index (χ1n) is 9.50. The second kappa shape index (κ2) is 5.17. The number of nitrogens with zero attached hydrogens (tertiary/aromatic N) is 4. The van der Waals surface area contributed by atoms with Gasteiger partial charge >= 0.3 is 0 Å². The summed E-state index contributed by atoms with van der Waals surface area (Å²) in [4.78, 5) is 26.2. The van der Waals surface area contributed by atoms with Crippen molar-refractivity contribution < 1.29 is 4.79 Å². The summed E-state index contributed by atoms with van der Waals surface area (Å²) in [7, 11) is 0. The first-order chi connectivity index (χ1) is 11.7. The van der Waals surface area contributed by atoms with Gasteiger partial charge in [0.1, 0.15) is 0 Å². The first-order valence-corrected chi connectivity index (χ1v) is 9.50. The van der Waals surface area contributed by atoms with Gasteiger partial charge in [-0.25, -0.2) is 9.97 Å². The summed E-state index contributed by atoms with van der Waals surface area (Å²) in [6.45, 7) is 4.01. The molecule has 0 atom stereocenters. The minimum atomic E-state index is 0.0889. The Morgan fingerprint density at radius 1 is 1.04 bits per heavy atom. The van der Waals surface area contributed by atoms with E-state index in [4.69, 9.17) is 0 Å². The van der Waals surface area contributed by atoms with E-state index in [1.165, 1.54) is 32.1 Å². The van der Waals surface area contributed by atoms with Gasteiger partial charge in [0, 0.05) is 38.6 Å². The van der Waals surface area contributed by atoms with E-state index >= 15 is 0 Å². The lowest BCUT2D eigenvalue weighted by atomic mass is 9.44. The van der Waals surface area contributed by atoms with Crippen LogP contribution in [0, 0.1) is 16.7 Å². The second-order valence-corrected chi connectivity index (χ2v) is 8.62. The van der Waals surface area contributed by atoms with Crippen LogP contribution in [0.1, 0.15) is 44.9 Å². The second-order valence-electron chi connectivity index (χ2n) is 8.62. The Balaban J connectivity index is 1.24. The topological polar surface area (TPSA) is 49.3 Å². The molecule has 5 heteroatoms. The lowest BCUT2D eigenvalue weighted by Crippen LogP contribution is -2.62. The summed E-state index contributed by atoms with van der Waals surface area (Å²) in [6.07, 6.45) is 11.9. The van der Waals surface area contributed by atoms with E-state index in [0.717, 1.165) is 50.9 Å². The molecular weight excluding hydrogens is 300 g/mol. The minimum Gasteiger partial charge on any atom is -0.342 e. The van der Waals surface area contributed by atoms with Gasteiger partial charge in [-0.05, 0) is 62.3 Å². The quantitative estimate of drug-likeness (QED) is 0.838. The Bertz CT molecular complexity index is 621. The Hall–Kier alpha value is -1.65. The summed E-state index contributed by atoms with van der Waals surface area (Å²) < 4.78 is 0. The van der Waals surface area contributed by atoms with Crippen LogP contribution < -0.4 is 4.90 Å². The van der Waals surface area contributed by atoms with Crippen molar-refractivity contribution in [1.82, 2.24) is 14.9 Å². The molecule has 128 valence electrons. The number of carbonyl (C=O) groups excluding carboxylic acids is 1. The smallest absolute Gasteiger partial charge is 0.228 e. The van der Waals surface area contributed by atoms with Crippen LogP contribution in [0.2, 0.25) is 0 Å². The van der Waals surface area contributed by atoms with Gasteiger partial charge in [-0.1, -0.05) is 0 Å². The van der Waals surface area contributed by atoms with E-state index < -0.39 is 0 Å². The van der Waals surface area contributed by atoms with E-state index in [0.29, 0.717) is 11.3 Å². The molecule has 3 heterocycles. The van der Waals surface area contributed by atoms with Crippen molar-refractivity contribution in [3.8, 4) is 0 Å². The molecule has 24 heavy (non-hydrogen) atoms. The number of piperidine rings is 2. The van der Waals surface area contributed by atoms with Gasteiger partial charge in [0.15, 0.2) is 0 Å². The standard InChI is InChI=1S/C19H26N4O/c24-16(19-11-15(12-19)13-19)22-9-4-18(5-10-22)3-1-8-23(14-18)17-20-6-2-7-21-17/h2,6-7,15H,1,3-5,8-14H2. The van der Waals surface area contributed by atoms with Gasteiger partial charge in [-0.2, -0.15) is 0 Å². The molecule has 3 aliphatic carbocycles. The molecule has 6 rings (SSSR count). The summed E-state index contributed by atoms with van der Waals surface area (Å²) in [5.74, 6) is 2.21. The maximum absolute atomic E-state index is 12.8. The number of aromatic nitrogens is 2. The van der Waals surface area contributed by atoms with Crippen molar-refractivity contribution in [1.29, 1.82) is 0 Å². The zero-order valence-corrected chi connectivity index (χ0v) is 14.3. The highest BCUT2D eigenvalue weighted by Crippen LogP contribution is 2.65. The molecule has 2 aliphatic heterocycles. The molecule has 5 aliphatic rings. The average molecular weight is 326 g/mol. The van der Waals surface area contributed by atoms with Crippen LogP contribution in [-0.2, 0) is 4.79 Å². The first kappa shape index (κ1) is 14.7. The summed E-state index contributed by atoms with van der Waals surface area (Å²) in [5.41, 5.74) is 0.444. The molecule has 3 saturated carbocycles. The molecule has 1 spiro atoms. The molecule has 5 fully saturated rings. The van der Waals surface area contributed by atoms with Crippen molar-refractivity contribution >= 4 is 11.9 Å². The largest absolute Gasteiger partial charge is 0.342 e. The number of carbonyl (C=O) groups is 1. The van der Waals surface area contributed by atoms with Gasteiger partial charge < -0.3 is 9.80 Å². The molecule has 0 unspecified atom stereocenters. The fourth-order valence-electron chi connectivity index (χ4n) is 5.50. The Kier molecular flexibility index (Phi) is 3.16. The number of anilines is 1. The van der Waals surface area contributed by atoms with Crippen molar-refractivity contribution in [2.24, 2.45) is 16.7 Å². The fraction of sp³-hybridized carbons (Fsp3) is 0.737. The van der Waals surface area contributed by atoms with Crippen LogP contribution in [0.3, 0.4) is 0 Å². The Morgan fingerprint density at radius 3 is 2.38 bits per heavy atom. The summed E-state index contributed by atoms with van der Waals surface area (Å²) >= 11 is 0. The number of likely N-dealkylation sites (tertiary alicyclic amines) is 1. The Morgan fingerprint density at radius 2 is 1.75 bits per heavy atom. The number of rotatable bonds is 2. The highest BCUT2D eigenvalue weighted by Gasteiger charge is 2.62. The third-order valence-corrected chi connectivity index (χ3v) is 7.10. The van der Waals surface area contributed by atoms with Crippen LogP contribution in [0.4, 0.5) is 5.95 Å². The van der Waals surface area contributed by atoms with Crippen molar-refractivity contribution in [2.75, 3.05) is 31.1 Å². The third-order valence-electron chi connectivity index (χ3n) is 7.10. The fourth-order valence-corrected chi connectivity index (χ4v) is 5.50. The highest BCUT2D eigenvalue weighted by atomic mass is 16.2. The van der Waals surface area contributed by atoms with Crippen LogP contribution in [0.5, 0.6) is 0 Å². The van der Waals surface area contributed by atoms with Crippen LogP contribution >= 0.6 is 0 Å². The lowest BCUT2D eigenvalue weighted by Gasteiger charge is -2.62. The molecular formula is C19H26N4O. The SMILES string of the molecule is O=C(N1CCC2(CCCN(c3ncccn3)C2)CC1)C12CC(C1)C2. The predicted octanol–water partition coefficient (Wildman–Crippen LogP) is 2.49. The minimum absolute atomic E-state index is 0.0889. The molecule has 1 amide bonds. The molecule has 0 N–H and O–H groups in total. The number of hydrogen-bond donors (Lipinski definition) is 0. The van der Waals surface area contributed by atoms with Crippen LogP contribution in [-0.4, -0.2) is 47.0 Å². The third kappa shape index (κ3) is 2.16. The molecule has 1 aromatic rings. The maximum Gasteiger partial charge on any atom is 0.228 e. The van der Waals surface area contributed by atoms with Gasteiger partial charge in [0.2, 0.25) is 11.9 Å². The summed E-state index contributed by atoms with van der Waals surface area (Å²) in [6, 6.07) is 1.87. The normalized spacial score (nSPS) is 33.8. The monoisotopic (exact) mass is 326 g/mol. The van der Waals surface area contributed by atoms with E-state index in [-0.39, 0.29) is 5.41 Å². The molecule has 2 bridgehead atoms. The molecule has 0 radical (unpaired) electrons. The maximum atomic E-state index is 12.8. The predicted molar refractivity (Wildman–Crippen MR) is 91.5 cm³/mol. The zero-order chi connectivity index (χ0) is 16.2. The van der Waals surface area contributed by atoms with Gasteiger partial charge in [0.05, 0.1) is 5.41 Å². The van der Waals surface area contributed by atoms with Crippen molar-refractivity contribution in [3.05, 3.63) is 18.5 Å². The van der Waals surface area contributed by atoms with Gasteiger partial charge in [-0.3, -0.25) is 4.79 Å². The zero-order valence-electron chi connectivity index (χ0n) is 14.3. The van der Waals surface area contributed by atoms with Gasteiger partial charge in [-0.15, -0.1) is 0 Å². The Labute approximate surface area is 143 Å². The van der Waals surface area contributed by atoms with E-state index in [1.807, 2.05) is 18.5 Å². The molecule has 5 nitrogen and oxygen atoms in total. The number of hydrogen-bond acceptors (Lipinski definition) is 4. The lowest BCUT2D eigenvalue weighted by molar-refractivity contribution is -0.179. The number of amides is 1. The average Bonchev–Trinajstić information content (AvgIpc) is 2.54. The highest BCUT2D eigenvalue weighted by molar-refractivity contribution is 5.85. The van der Waals surface area contributed by atoms with Crippen LogP contribution in [0.15, 0.2) is 18.5 Å². The van der Waals surface area contributed by atoms with E-state index in [2.05, 4.69) is 19.8 Å². The molecule has 0 aromatic carbocycles. The van der Waals surface area contributed by atoms with Crippen molar-refractivity contribution in [2.45, 2.75) is 44.9 Å². The van der Waals surface area contributed by atoms with E-state index in [9.17, 15) is 4.79 Å².